The Balaban J connectivity index is 0.000000437. The largest absolute Gasteiger partial charge is 0.0656 e. The van der Waals surface area contributed by atoms with Crippen LogP contribution in [-0.2, 0) is 0 Å². The molecule has 0 heteroatoms. The first kappa shape index (κ1) is 23.3. The summed E-state index contributed by atoms with van der Waals surface area (Å²) >= 11 is 0. The molecule has 0 aliphatic rings. The highest BCUT2D eigenvalue weighted by Gasteiger charge is 2.15. The van der Waals surface area contributed by atoms with Crippen LogP contribution in [0, 0.1) is 0 Å². The first-order valence-electron chi connectivity index (χ1n) is 11.8. The van der Waals surface area contributed by atoms with E-state index in [1.807, 2.05) is 0 Å². The Morgan fingerprint density at radius 3 is 0.812 bits per heavy atom. The zero-order valence-electron chi connectivity index (χ0n) is 19.8. The molecule has 0 saturated carbocycles. The van der Waals surface area contributed by atoms with Gasteiger partial charge in [-0.05, 0) is 43.8 Å². The predicted molar refractivity (Wildman–Crippen MR) is 144 cm³/mol. The van der Waals surface area contributed by atoms with Crippen molar-refractivity contribution >= 4 is 21.5 Å². The Hall–Kier alpha value is -3.38. The Morgan fingerprint density at radius 1 is 0.344 bits per heavy atom. The molecule has 0 aliphatic heterocycles. The fourth-order valence-electron chi connectivity index (χ4n) is 3.96. The summed E-state index contributed by atoms with van der Waals surface area (Å²) in [5.41, 5.74) is 5.16. The molecule has 5 aromatic carbocycles. The third-order valence-corrected chi connectivity index (χ3v) is 5.06. The third kappa shape index (κ3) is 5.08. The monoisotopic (exact) mass is 418 g/mol. The quantitative estimate of drug-likeness (QED) is 0.250. The van der Waals surface area contributed by atoms with E-state index in [2.05, 4.69) is 137 Å². The van der Waals surface area contributed by atoms with Crippen molar-refractivity contribution in [1.82, 2.24) is 0 Å². The van der Waals surface area contributed by atoms with Crippen LogP contribution < -0.4 is 0 Å². The molecule has 0 heterocycles. The van der Waals surface area contributed by atoms with Gasteiger partial charge in [-0.1, -0.05) is 150 Å². The van der Waals surface area contributed by atoms with Crippen LogP contribution in [0.2, 0.25) is 0 Å². The van der Waals surface area contributed by atoms with Gasteiger partial charge < -0.3 is 0 Å². The molecule has 5 rings (SSSR count). The van der Waals surface area contributed by atoms with Gasteiger partial charge in [0.05, 0.1) is 0 Å². The SMILES string of the molecule is CCC.CCC.c1ccc(-c2c3ccccc3c(-c3ccccc3)c3ccccc23)cc1. The number of hydrogen-bond donors (Lipinski definition) is 0. The lowest BCUT2D eigenvalue weighted by molar-refractivity contribution is 1.09. The summed E-state index contributed by atoms with van der Waals surface area (Å²) < 4.78 is 0. The molecule has 0 unspecified atom stereocenters. The van der Waals surface area contributed by atoms with Gasteiger partial charge in [-0.15, -0.1) is 0 Å². The lowest BCUT2D eigenvalue weighted by atomic mass is 9.86. The minimum atomic E-state index is 1.25. The standard InChI is InChI=1S/C26H18.2C3H8/c1-3-11-19(12-4-1)25-21-15-7-9-17-23(21)26(20-13-5-2-6-14-20)24-18-10-8-16-22(24)25;2*1-3-2/h1-18H;2*3H2,1-2H3. The van der Waals surface area contributed by atoms with Gasteiger partial charge in [0, 0.05) is 0 Å². The van der Waals surface area contributed by atoms with E-state index in [-0.39, 0.29) is 0 Å². The second-order valence-corrected chi connectivity index (χ2v) is 7.99. The van der Waals surface area contributed by atoms with Crippen LogP contribution in [0.3, 0.4) is 0 Å². The molecule has 0 saturated heterocycles. The van der Waals surface area contributed by atoms with E-state index in [1.54, 1.807) is 0 Å². The molecule has 0 amide bonds. The van der Waals surface area contributed by atoms with Gasteiger partial charge >= 0.3 is 0 Å². The Bertz CT molecular complexity index is 1080. The molecular weight excluding hydrogens is 384 g/mol. The molecular formula is C32H34. The van der Waals surface area contributed by atoms with E-state index in [0.717, 1.165) is 0 Å². The van der Waals surface area contributed by atoms with Crippen molar-refractivity contribution in [2.24, 2.45) is 0 Å². The molecule has 0 N–H and O–H groups in total. The van der Waals surface area contributed by atoms with Gasteiger partial charge in [0.15, 0.2) is 0 Å². The smallest absolute Gasteiger partial charge is 0.00264 e. The molecule has 162 valence electrons. The van der Waals surface area contributed by atoms with E-state index in [4.69, 9.17) is 0 Å². The second-order valence-electron chi connectivity index (χ2n) is 7.99. The average Bonchev–Trinajstić information content (AvgIpc) is 2.84. The van der Waals surface area contributed by atoms with E-state index in [1.165, 1.54) is 56.6 Å². The maximum atomic E-state index is 2.25. The van der Waals surface area contributed by atoms with Gasteiger partial charge in [-0.25, -0.2) is 0 Å². The van der Waals surface area contributed by atoms with Crippen molar-refractivity contribution in [3.63, 3.8) is 0 Å². The van der Waals surface area contributed by atoms with Crippen LogP contribution in [0.4, 0.5) is 0 Å². The first-order chi connectivity index (χ1) is 15.8. The Labute approximate surface area is 193 Å². The second kappa shape index (κ2) is 11.9. The van der Waals surface area contributed by atoms with E-state index in [9.17, 15) is 0 Å². The van der Waals surface area contributed by atoms with Crippen LogP contribution in [0.1, 0.15) is 40.5 Å². The summed E-state index contributed by atoms with van der Waals surface area (Å²) in [7, 11) is 0. The zero-order valence-corrected chi connectivity index (χ0v) is 19.8. The molecule has 32 heavy (non-hydrogen) atoms. The van der Waals surface area contributed by atoms with Crippen LogP contribution in [0.5, 0.6) is 0 Å². The maximum absolute atomic E-state index is 2.25. The predicted octanol–water partition coefficient (Wildman–Crippen LogP) is 10.2. The number of fused-ring (bicyclic) bond motifs is 2. The minimum absolute atomic E-state index is 1.25. The molecule has 0 nitrogen and oxygen atoms in total. The summed E-state index contributed by atoms with van der Waals surface area (Å²) in [6.07, 6.45) is 2.50. The van der Waals surface area contributed by atoms with Gasteiger partial charge in [0.25, 0.3) is 0 Å². The van der Waals surface area contributed by atoms with Gasteiger partial charge in [-0.3, -0.25) is 0 Å². The normalized spacial score (nSPS) is 10.1. The summed E-state index contributed by atoms with van der Waals surface area (Å²) in [5, 5.41) is 5.21. The summed E-state index contributed by atoms with van der Waals surface area (Å²) in [6.45, 7) is 8.50. The maximum Gasteiger partial charge on any atom is -0.00264 e. The van der Waals surface area contributed by atoms with Gasteiger partial charge in [0.1, 0.15) is 0 Å². The summed E-state index contributed by atoms with van der Waals surface area (Å²) in [5.74, 6) is 0. The van der Waals surface area contributed by atoms with Crippen molar-refractivity contribution in [3.05, 3.63) is 109 Å². The molecule has 0 spiro atoms. The lowest BCUT2D eigenvalue weighted by Crippen LogP contribution is -1.90. The van der Waals surface area contributed by atoms with Crippen molar-refractivity contribution < 1.29 is 0 Å². The fraction of sp³-hybridized carbons (Fsp3) is 0.188. The topological polar surface area (TPSA) is 0 Å². The van der Waals surface area contributed by atoms with E-state index in [0.29, 0.717) is 0 Å². The molecule has 0 aliphatic carbocycles. The lowest BCUT2D eigenvalue weighted by Gasteiger charge is -2.17. The Kier molecular flexibility index (Phi) is 8.63. The molecule has 5 aromatic rings. The van der Waals surface area contributed by atoms with Crippen LogP contribution in [-0.4, -0.2) is 0 Å². The zero-order chi connectivity index (χ0) is 22.8. The highest BCUT2D eigenvalue weighted by atomic mass is 14.2. The van der Waals surface area contributed by atoms with Crippen LogP contribution >= 0.6 is 0 Å². The molecule has 0 radical (unpaired) electrons. The highest BCUT2D eigenvalue weighted by molar-refractivity contribution is 6.21. The van der Waals surface area contributed by atoms with E-state index < -0.39 is 0 Å². The minimum Gasteiger partial charge on any atom is -0.0656 e. The third-order valence-electron chi connectivity index (χ3n) is 5.06. The van der Waals surface area contributed by atoms with Crippen LogP contribution in [0.25, 0.3) is 43.8 Å². The summed E-state index contributed by atoms with van der Waals surface area (Å²) in [6, 6.07) is 39.0. The van der Waals surface area contributed by atoms with Gasteiger partial charge in [-0.2, -0.15) is 0 Å². The summed E-state index contributed by atoms with van der Waals surface area (Å²) in [4.78, 5) is 0. The number of benzene rings is 5. The molecule has 0 aromatic heterocycles. The molecule has 0 bridgehead atoms. The fourth-order valence-corrected chi connectivity index (χ4v) is 3.96. The van der Waals surface area contributed by atoms with Crippen molar-refractivity contribution in [1.29, 1.82) is 0 Å². The van der Waals surface area contributed by atoms with Gasteiger partial charge in [0.2, 0.25) is 0 Å². The number of hydrogen-bond acceptors (Lipinski definition) is 0. The Morgan fingerprint density at radius 2 is 0.562 bits per heavy atom. The first-order valence-corrected chi connectivity index (χ1v) is 11.8. The average molecular weight is 419 g/mol. The van der Waals surface area contributed by atoms with Crippen molar-refractivity contribution in [2.75, 3.05) is 0 Å². The molecule has 0 atom stereocenters. The molecule has 0 fully saturated rings. The highest BCUT2D eigenvalue weighted by Crippen LogP contribution is 2.43. The van der Waals surface area contributed by atoms with Crippen molar-refractivity contribution in [2.45, 2.75) is 40.5 Å². The number of rotatable bonds is 2. The van der Waals surface area contributed by atoms with Crippen LogP contribution in [0.15, 0.2) is 109 Å². The van der Waals surface area contributed by atoms with Crippen molar-refractivity contribution in [3.8, 4) is 22.3 Å². The van der Waals surface area contributed by atoms with E-state index >= 15 is 0 Å².